The number of sulfonamides is 1. The lowest BCUT2D eigenvalue weighted by atomic mass is 10.1. The van der Waals surface area contributed by atoms with Crippen molar-refractivity contribution in [1.82, 2.24) is 5.32 Å². The molecule has 2 aromatic carbocycles. The molecule has 2 amide bonds. The van der Waals surface area contributed by atoms with E-state index in [9.17, 15) is 18.0 Å². The molecule has 11 heteroatoms. The molecule has 0 bridgehead atoms. The molecule has 168 valence electrons. The van der Waals surface area contributed by atoms with Crippen molar-refractivity contribution >= 4 is 56.4 Å². The zero-order valence-corrected chi connectivity index (χ0v) is 19.4. The minimum absolute atomic E-state index is 0.0796. The first kappa shape index (κ1) is 24.9. The molecule has 0 aromatic heterocycles. The van der Waals surface area contributed by atoms with E-state index in [0.29, 0.717) is 19.6 Å². The Hall–Kier alpha value is -2.33. The van der Waals surface area contributed by atoms with Gasteiger partial charge < -0.3 is 15.4 Å². The van der Waals surface area contributed by atoms with Gasteiger partial charge in [-0.3, -0.25) is 13.9 Å². The lowest BCUT2D eigenvalue weighted by Crippen LogP contribution is -2.38. The predicted octanol–water partition coefficient (Wildman–Crippen LogP) is 3.16. The normalized spacial score (nSPS) is 11.1. The van der Waals surface area contributed by atoms with Crippen LogP contribution < -0.4 is 14.9 Å². The molecule has 0 fully saturated rings. The molecular weight excluding hydrogens is 465 g/mol. The Bertz CT molecular complexity index is 1050. The van der Waals surface area contributed by atoms with Crippen molar-refractivity contribution in [1.29, 1.82) is 0 Å². The van der Waals surface area contributed by atoms with Gasteiger partial charge in [0.2, 0.25) is 15.9 Å². The van der Waals surface area contributed by atoms with Crippen molar-refractivity contribution in [2.75, 3.05) is 42.7 Å². The van der Waals surface area contributed by atoms with Gasteiger partial charge in [-0.1, -0.05) is 35.3 Å². The predicted molar refractivity (Wildman–Crippen MR) is 123 cm³/mol. The number of halogens is 2. The monoisotopic (exact) mass is 487 g/mol. The SMILES string of the molecule is COCCCNC(=O)c1ccccc1NC(=O)CN(c1cc(Cl)ccc1Cl)S(C)(=O)=O. The van der Waals surface area contributed by atoms with E-state index in [2.05, 4.69) is 10.6 Å². The Balaban J connectivity index is 2.19. The molecule has 0 aliphatic carbocycles. The summed E-state index contributed by atoms with van der Waals surface area (Å²) >= 11 is 12.1. The molecule has 0 aliphatic heterocycles. The van der Waals surface area contributed by atoms with E-state index in [-0.39, 0.29) is 32.9 Å². The van der Waals surface area contributed by atoms with Crippen molar-refractivity contribution in [3.63, 3.8) is 0 Å². The first-order valence-electron chi connectivity index (χ1n) is 9.22. The summed E-state index contributed by atoms with van der Waals surface area (Å²) in [6.07, 6.45) is 1.60. The zero-order chi connectivity index (χ0) is 23.0. The summed E-state index contributed by atoms with van der Waals surface area (Å²) in [6, 6.07) is 10.7. The molecule has 2 aromatic rings. The topological polar surface area (TPSA) is 105 Å². The van der Waals surface area contributed by atoms with E-state index in [1.54, 1.807) is 31.4 Å². The van der Waals surface area contributed by atoms with E-state index in [4.69, 9.17) is 27.9 Å². The minimum Gasteiger partial charge on any atom is -0.385 e. The Labute approximate surface area is 191 Å². The molecule has 0 radical (unpaired) electrons. The van der Waals surface area contributed by atoms with E-state index in [1.807, 2.05) is 0 Å². The van der Waals surface area contributed by atoms with Crippen LogP contribution in [0, 0.1) is 0 Å². The molecule has 0 heterocycles. The molecule has 2 rings (SSSR count). The number of hydrogen-bond donors (Lipinski definition) is 2. The molecule has 0 unspecified atom stereocenters. The van der Waals surface area contributed by atoms with Crippen molar-refractivity contribution < 1.29 is 22.7 Å². The molecule has 0 spiro atoms. The Morgan fingerprint density at radius 3 is 2.52 bits per heavy atom. The molecule has 0 atom stereocenters. The van der Waals surface area contributed by atoms with Crippen LogP contribution in [-0.2, 0) is 19.6 Å². The van der Waals surface area contributed by atoms with E-state index in [1.165, 1.54) is 18.2 Å². The third-order valence-corrected chi connectivity index (χ3v) is 5.80. The molecule has 0 aliphatic rings. The highest BCUT2D eigenvalue weighted by atomic mass is 35.5. The van der Waals surface area contributed by atoms with Crippen LogP contribution in [0.15, 0.2) is 42.5 Å². The van der Waals surface area contributed by atoms with Gasteiger partial charge in [-0.25, -0.2) is 8.42 Å². The third kappa shape index (κ3) is 7.39. The Morgan fingerprint density at radius 1 is 1.13 bits per heavy atom. The van der Waals surface area contributed by atoms with Crippen molar-refractivity contribution in [3.8, 4) is 0 Å². The van der Waals surface area contributed by atoms with Crippen molar-refractivity contribution in [2.45, 2.75) is 6.42 Å². The first-order valence-corrected chi connectivity index (χ1v) is 11.8. The third-order valence-electron chi connectivity index (χ3n) is 4.12. The lowest BCUT2D eigenvalue weighted by molar-refractivity contribution is -0.114. The van der Waals surface area contributed by atoms with Gasteiger partial charge in [0.15, 0.2) is 0 Å². The molecule has 0 saturated carbocycles. The summed E-state index contributed by atoms with van der Waals surface area (Å²) in [5.41, 5.74) is 0.582. The fourth-order valence-electron chi connectivity index (χ4n) is 2.68. The molecule has 8 nitrogen and oxygen atoms in total. The highest BCUT2D eigenvalue weighted by Crippen LogP contribution is 2.30. The summed E-state index contributed by atoms with van der Waals surface area (Å²) in [7, 11) is -2.28. The smallest absolute Gasteiger partial charge is 0.253 e. The number of methoxy groups -OCH3 is 1. The van der Waals surface area contributed by atoms with Gasteiger partial charge in [0.25, 0.3) is 5.91 Å². The fourth-order valence-corrected chi connectivity index (χ4v) is 3.98. The number of ether oxygens (including phenoxy) is 1. The largest absolute Gasteiger partial charge is 0.385 e. The number of hydrogen-bond acceptors (Lipinski definition) is 5. The molecule has 0 saturated heterocycles. The molecule has 31 heavy (non-hydrogen) atoms. The Kier molecular flexibility index (Phi) is 9.12. The zero-order valence-electron chi connectivity index (χ0n) is 17.0. The number of nitrogens with zero attached hydrogens (tertiary/aromatic N) is 1. The van der Waals surface area contributed by atoms with Gasteiger partial charge >= 0.3 is 0 Å². The van der Waals surface area contributed by atoms with Crippen LogP contribution in [0.1, 0.15) is 16.8 Å². The maximum Gasteiger partial charge on any atom is 0.253 e. The second-order valence-electron chi connectivity index (χ2n) is 6.56. The number of carbonyl (C=O) groups excluding carboxylic acids is 2. The number of rotatable bonds is 10. The minimum atomic E-state index is -3.85. The standard InChI is InChI=1S/C20H23Cl2N3O5S/c1-30-11-5-10-23-20(27)15-6-3-4-7-17(15)24-19(26)13-25(31(2,28)29)18-12-14(21)8-9-16(18)22/h3-4,6-9,12H,5,10-11,13H2,1-2H3,(H,23,27)(H,24,26). The number of benzene rings is 2. The maximum atomic E-state index is 12.7. The highest BCUT2D eigenvalue weighted by Gasteiger charge is 2.24. The summed E-state index contributed by atoms with van der Waals surface area (Å²) in [5.74, 6) is -1.02. The molecular formula is C20H23Cl2N3O5S. The summed E-state index contributed by atoms with van der Waals surface area (Å²) < 4.78 is 30.4. The Morgan fingerprint density at radius 2 is 1.84 bits per heavy atom. The van der Waals surface area contributed by atoms with Gasteiger partial charge in [0.05, 0.1) is 28.2 Å². The van der Waals surface area contributed by atoms with Crippen LogP contribution in [0.4, 0.5) is 11.4 Å². The van der Waals surface area contributed by atoms with Crippen LogP contribution in [0.25, 0.3) is 0 Å². The van der Waals surface area contributed by atoms with Gasteiger partial charge in [-0.15, -0.1) is 0 Å². The lowest BCUT2D eigenvalue weighted by Gasteiger charge is -2.23. The first-order chi connectivity index (χ1) is 14.6. The van der Waals surface area contributed by atoms with Crippen LogP contribution >= 0.6 is 23.2 Å². The van der Waals surface area contributed by atoms with Crippen LogP contribution in [0.5, 0.6) is 0 Å². The average Bonchev–Trinajstić information content (AvgIpc) is 2.71. The second-order valence-corrected chi connectivity index (χ2v) is 9.31. The summed E-state index contributed by atoms with van der Waals surface area (Å²) in [6.45, 7) is 0.360. The van der Waals surface area contributed by atoms with Gasteiger partial charge in [-0.05, 0) is 36.8 Å². The summed E-state index contributed by atoms with van der Waals surface area (Å²) in [5, 5.41) is 5.73. The van der Waals surface area contributed by atoms with Crippen LogP contribution in [0.3, 0.4) is 0 Å². The second kappa shape index (κ2) is 11.3. The van der Waals surface area contributed by atoms with Crippen molar-refractivity contribution in [2.24, 2.45) is 0 Å². The quantitative estimate of drug-likeness (QED) is 0.500. The van der Waals surface area contributed by atoms with Crippen LogP contribution in [0.2, 0.25) is 10.0 Å². The van der Waals surface area contributed by atoms with E-state index < -0.39 is 22.5 Å². The molecule has 2 N–H and O–H groups in total. The van der Waals surface area contributed by atoms with Gasteiger partial charge in [0.1, 0.15) is 6.54 Å². The fraction of sp³-hybridized carbons (Fsp3) is 0.300. The average molecular weight is 488 g/mol. The number of carbonyl (C=O) groups is 2. The maximum absolute atomic E-state index is 12.7. The number of para-hydroxylation sites is 1. The van der Waals surface area contributed by atoms with Gasteiger partial charge in [-0.2, -0.15) is 0 Å². The van der Waals surface area contributed by atoms with E-state index in [0.717, 1.165) is 10.6 Å². The highest BCUT2D eigenvalue weighted by molar-refractivity contribution is 7.92. The number of nitrogens with one attached hydrogen (secondary N) is 2. The number of anilines is 2. The summed E-state index contributed by atoms with van der Waals surface area (Å²) in [4.78, 5) is 25.1. The van der Waals surface area contributed by atoms with Crippen molar-refractivity contribution in [3.05, 3.63) is 58.1 Å². The van der Waals surface area contributed by atoms with Crippen LogP contribution in [-0.4, -0.2) is 53.3 Å². The van der Waals surface area contributed by atoms with E-state index >= 15 is 0 Å². The van der Waals surface area contributed by atoms with Gasteiger partial charge in [0, 0.05) is 25.3 Å². The number of amides is 2.